The van der Waals surface area contributed by atoms with Crippen molar-refractivity contribution >= 4 is 40.1 Å². The third-order valence-corrected chi connectivity index (χ3v) is 5.44. The molecular weight excluding hydrogens is 426 g/mol. The molecule has 0 spiro atoms. The summed E-state index contributed by atoms with van der Waals surface area (Å²) in [4.78, 5) is 55.1. The lowest BCUT2D eigenvalue weighted by Gasteiger charge is -2.18. The van der Waals surface area contributed by atoms with Crippen molar-refractivity contribution < 1.29 is 28.7 Å². The molecule has 2 heterocycles. The van der Waals surface area contributed by atoms with E-state index in [4.69, 9.17) is 9.47 Å². The van der Waals surface area contributed by atoms with Gasteiger partial charge in [-0.05, 0) is 33.3 Å². The van der Waals surface area contributed by atoms with Crippen molar-refractivity contribution in [1.29, 1.82) is 0 Å². The monoisotopic (exact) mass is 451 g/mol. The lowest BCUT2D eigenvalue weighted by atomic mass is 10.1. The van der Waals surface area contributed by atoms with Gasteiger partial charge in [-0.15, -0.1) is 11.3 Å². The van der Waals surface area contributed by atoms with Crippen molar-refractivity contribution in [3.8, 4) is 0 Å². The third kappa shape index (κ3) is 6.10. The number of ether oxygens (including phenoxy) is 2. The maximum absolute atomic E-state index is 12.8. The van der Waals surface area contributed by atoms with Crippen molar-refractivity contribution in [3.05, 3.63) is 28.7 Å². The number of nitrogens with one attached hydrogen (secondary N) is 1. The number of hydrogen-bond donors (Lipinski definition) is 1. The quantitative estimate of drug-likeness (QED) is 0.537. The number of aromatic nitrogens is 3. The molecule has 2 rings (SSSR count). The summed E-state index contributed by atoms with van der Waals surface area (Å²) >= 11 is 0.987. The van der Waals surface area contributed by atoms with E-state index in [1.54, 1.807) is 18.7 Å². The van der Waals surface area contributed by atoms with Gasteiger partial charge < -0.3 is 19.7 Å². The Morgan fingerprint density at radius 1 is 1.16 bits per heavy atom. The van der Waals surface area contributed by atoms with Gasteiger partial charge >= 0.3 is 11.9 Å². The smallest absolute Gasteiger partial charge is 0.341 e. The van der Waals surface area contributed by atoms with Crippen molar-refractivity contribution in [2.45, 2.75) is 34.2 Å². The molecule has 168 valence electrons. The topological polar surface area (TPSA) is 133 Å². The second-order valence-electron chi connectivity index (χ2n) is 6.26. The zero-order chi connectivity index (χ0) is 23.0. The summed E-state index contributed by atoms with van der Waals surface area (Å²) in [5, 5.41) is 6.50. The minimum Gasteiger partial charge on any atom is -0.462 e. The Morgan fingerprint density at radius 3 is 2.45 bits per heavy atom. The van der Waals surface area contributed by atoms with E-state index >= 15 is 0 Å². The number of amides is 2. The highest BCUT2D eigenvalue weighted by Gasteiger charge is 2.28. The summed E-state index contributed by atoms with van der Waals surface area (Å²) in [6.45, 7) is 7.39. The minimum absolute atomic E-state index is 0.115. The van der Waals surface area contributed by atoms with E-state index in [9.17, 15) is 19.2 Å². The summed E-state index contributed by atoms with van der Waals surface area (Å²) in [5.74, 6) is -2.21. The van der Waals surface area contributed by atoms with Crippen LogP contribution >= 0.6 is 11.3 Å². The normalized spacial score (nSPS) is 10.5. The van der Waals surface area contributed by atoms with Gasteiger partial charge in [0.15, 0.2) is 6.61 Å². The molecule has 31 heavy (non-hydrogen) atoms. The van der Waals surface area contributed by atoms with Crippen LogP contribution in [0.15, 0.2) is 12.7 Å². The number of hydrogen-bond acceptors (Lipinski definition) is 9. The van der Waals surface area contributed by atoms with E-state index in [0.29, 0.717) is 23.5 Å². The number of esters is 2. The van der Waals surface area contributed by atoms with E-state index in [2.05, 4.69) is 15.4 Å². The highest BCUT2D eigenvalue weighted by molar-refractivity contribution is 7.18. The molecule has 1 N–H and O–H groups in total. The Morgan fingerprint density at radius 2 is 1.87 bits per heavy atom. The van der Waals surface area contributed by atoms with Crippen LogP contribution in [-0.4, -0.2) is 69.7 Å². The number of carbonyl (C=O) groups excluding carboxylic acids is 4. The van der Waals surface area contributed by atoms with Gasteiger partial charge in [0.2, 0.25) is 0 Å². The van der Waals surface area contributed by atoms with Crippen molar-refractivity contribution in [2.24, 2.45) is 0 Å². The van der Waals surface area contributed by atoms with Gasteiger partial charge in [0.25, 0.3) is 11.8 Å². The number of thiophene rings is 1. The highest BCUT2D eigenvalue weighted by Crippen LogP contribution is 2.34. The molecule has 0 atom stereocenters. The van der Waals surface area contributed by atoms with Crippen LogP contribution in [0.2, 0.25) is 0 Å². The highest BCUT2D eigenvalue weighted by atomic mass is 32.1. The largest absolute Gasteiger partial charge is 0.462 e. The lowest BCUT2D eigenvalue weighted by Crippen LogP contribution is -2.30. The van der Waals surface area contributed by atoms with E-state index in [1.807, 2.05) is 13.8 Å². The van der Waals surface area contributed by atoms with Crippen LogP contribution in [0.5, 0.6) is 0 Å². The molecule has 2 amide bonds. The number of carbonyl (C=O) groups is 4. The van der Waals surface area contributed by atoms with Gasteiger partial charge in [0.1, 0.15) is 24.2 Å². The molecule has 2 aromatic heterocycles. The zero-order valence-electron chi connectivity index (χ0n) is 17.8. The molecule has 11 nitrogen and oxygen atoms in total. The molecule has 0 aliphatic heterocycles. The maximum Gasteiger partial charge on any atom is 0.341 e. The molecule has 0 unspecified atom stereocenters. The first kappa shape index (κ1) is 24.0. The second-order valence-corrected chi connectivity index (χ2v) is 7.28. The van der Waals surface area contributed by atoms with Gasteiger partial charge in [-0.2, -0.15) is 5.10 Å². The number of rotatable bonds is 10. The Kier molecular flexibility index (Phi) is 8.67. The lowest BCUT2D eigenvalue weighted by molar-refractivity contribution is -0.148. The van der Waals surface area contributed by atoms with Crippen molar-refractivity contribution in [1.82, 2.24) is 19.7 Å². The Bertz CT molecular complexity index is 936. The minimum atomic E-state index is -0.675. The molecule has 0 saturated carbocycles. The standard InChI is InChI=1S/C19H25N5O6S/c1-5-23(6-2)18(27)16-12(4)15(19(28)29-7-3)17(31-16)22-13(25)9-30-14(26)8-24-11-20-10-21-24/h10-11H,5-9H2,1-4H3,(H,22,25). The fraction of sp³-hybridized carbons (Fsp3) is 0.474. The van der Waals surface area contributed by atoms with Crippen LogP contribution in [0.4, 0.5) is 5.00 Å². The van der Waals surface area contributed by atoms with E-state index in [0.717, 1.165) is 11.3 Å². The van der Waals surface area contributed by atoms with Gasteiger partial charge in [0.05, 0.1) is 17.0 Å². The van der Waals surface area contributed by atoms with Gasteiger partial charge in [-0.1, -0.05) is 0 Å². The summed E-state index contributed by atoms with van der Waals surface area (Å²) < 4.78 is 11.3. The van der Waals surface area contributed by atoms with Crippen LogP contribution in [0, 0.1) is 6.92 Å². The number of nitrogens with zero attached hydrogens (tertiary/aromatic N) is 4. The summed E-state index contributed by atoms with van der Waals surface area (Å²) in [6, 6.07) is 0. The molecule has 0 bridgehead atoms. The van der Waals surface area contributed by atoms with Crippen molar-refractivity contribution in [2.75, 3.05) is 31.6 Å². The van der Waals surface area contributed by atoms with Crippen LogP contribution in [0.25, 0.3) is 0 Å². The first-order valence-corrected chi connectivity index (χ1v) is 10.5. The van der Waals surface area contributed by atoms with Crippen molar-refractivity contribution in [3.63, 3.8) is 0 Å². The van der Waals surface area contributed by atoms with Crippen LogP contribution in [0.3, 0.4) is 0 Å². The van der Waals surface area contributed by atoms with Crippen LogP contribution < -0.4 is 5.32 Å². The van der Waals surface area contributed by atoms with Crippen LogP contribution in [0.1, 0.15) is 46.4 Å². The second kappa shape index (κ2) is 11.2. The predicted molar refractivity (Wildman–Crippen MR) is 112 cm³/mol. The molecule has 2 aromatic rings. The summed E-state index contributed by atoms with van der Waals surface area (Å²) in [5.41, 5.74) is 0.545. The summed E-state index contributed by atoms with van der Waals surface area (Å²) in [7, 11) is 0. The maximum atomic E-state index is 12.8. The average Bonchev–Trinajstić information content (AvgIpc) is 3.35. The van der Waals surface area contributed by atoms with Crippen LogP contribution in [-0.2, 0) is 25.6 Å². The SMILES string of the molecule is CCOC(=O)c1c(NC(=O)COC(=O)Cn2cncn2)sc(C(=O)N(CC)CC)c1C. The van der Waals surface area contributed by atoms with E-state index < -0.39 is 24.5 Å². The molecule has 0 aliphatic carbocycles. The van der Waals surface area contributed by atoms with E-state index in [-0.39, 0.29) is 29.6 Å². The van der Waals surface area contributed by atoms with E-state index in [1.165, 1.54) is 17.3 Å². The molecule has 0 fully saturated rings. The molecule has 0 aliphatic rings. The zero-order valence-corrected chi connectivity index (χ0v) is 18.7. The summed E-state index contributed by atoms with van der Waals surface area (Å²) in [6.07, 6.45) is 2.61. The fourth-order valence-corrected chi connectivity index (χ4v) is 3.89. The fourth-order valence-electron chi connectivity index (χ4n) is 2.71. The molecule has 0 saturated heterocycles. The number of anilines is 1. The Hall–Kier alpha value is -3.28. The Labute approximate surface area is 183 Å². The van der Waals surface area contributed by atoms with Gasteiger partial charge in [-0.25, -0.2) is 14.5 Å². The Balaban J connectivity index is 2.16. The molecule has 0 radical (unpaired) electrons. The predicted octanol–water partition coefficient (Wildman–Crippen LogP) is 1.49. The third-order valence-electron chi connectivity index (χ3n) is 4.25. The molecule has 0 aromatic carbocycles. The van der Waals surface area contributed by atoms with Gasteiger partial charge in [0, 0.05) is 13.1 Å². The first-order chi connectivity index (χ1) is 14.8. The first-order valence-electron chi connectivity index (χ1n) is 9.69. The average molecular weight is 452 g/mol. The molecular formula is C19H25N5O6S. The molecule has 12 heteroatoms. The van der Waals surface area contributed by atoms with Gasteiger partial charge in [-0.3, -0.25) is 14.4 Å².